The van der Waals surface area contributed by atoms with Crippen LogP contribution in [0.1, 0.15) is 17.3 Å². The van der Waals surface area contributed by atoms with Crippen molar-refractivity contribution in [3.8, 4) is 0 Å². The van der Waals surface area contributed by atoms with Crippen LogP contribution in [0.2, 0.25) is 0 Å². The summed E-state index contributed by atoms with van der Waals surface area (Å²) in [6.45, 7) is 3.76. The third-order valence-electron chi connectivity index (χ3n) is 2.50. The number of nitrogens with one attached hydrogen (secondary N) is 1. The average Bonchev–Trinajstić information content (AvgIpc) is 2.39. The molecule has 0 aliphatic carbocycles. The van der Waals surface area contributed by atoms with Crippen molar-refractivity contribution in [3.05, 3.63) is 23.9 Å². The summed E-state index contributed by atoms with van der Waals surface area (Å²) in [4.78, 5) is 18.0. The lowest BCUT2D eigenvalue weighted by Gasteiger charge is -2.20. The summed E-state index contributed by atoms with van der Waals surface area (Å²) in [5.41, 5.74) is 0.641. The van der Waals surface area contributed by atoms with Crippen molar-refractivity contribution in [2.24, 2.45) is 0 Å². The lowest BCUT2D eigenvalue weighted by molar-refractivity contribution is 0.0706. The number of aromatic nitrogens is 1. The molecule has 5 heteroatoms. The molecule has 17 heavy (non-hydrogen) atoms. The largest absolute Gasteiger partial charge is 0.383 e. The molecule has 1 rings (SSSR count). The molecule has 0 aromatic carbocycles. The van der Waals surface area contributed by atoms with Crippen LogP contribution in [0.5, 0.6) is 0 Å². The van der Waals surface area contributed by atoms with Gasteiger partial charge < -0.3 is 15.0 Å². The summed E-state index contributed by atoms with van der Waals surface area (Å²) in [5.74, 6) is 0.696. The molecule has 1 heterocycles. The number of nitrogens with zero attached hydrogens (tertiary/aromatic N) is 2. The summed E-state index contributed by atoms with van der Waals surface area (Å²) in [6, 6.07) is 3.47. The maximum Gasteiger partial charge on any atom is 0.254 e. The van der Waals surface area contributed by atoms with E-state index in [-0.39, 0.29) is 5.91 Å². The summed E-state index contributed by atoms with van der Waals surface area (Å²) in [7, 11) is 3.41. The molecule has 0 radical (unpaired) electrons. The van der Waals surface area contributed by atoms with E-state index in [9.17, 15) is 4.79 Å². The maximum atomic E-state index is 12.2. The van der Waals surface area contributed by atoms with E-state index >= 15 is 0 Å². The molecule has 0 fully saturated rings. The number of hydrogen-bond acceptors (Lipinski definition) is 4. The SMILES string of the molecule is CCN(CCOC)C(=O)c1ccnc(NC)c1. The van der Waals surface area contributed by atoms with Gasteiger partial charge in [0.2, 0.25) is 0 Å². The second-order valence-electron chi connectivity index (χ2n) is 3.56. The number of amides is 1. The lowest BCUT2D eigenvalue weighted by Crippen LogP contribution is -2.33. The molecule has 5 nitrogen and oxygen atoms in total. The highest BCUT2D eigenvalue weighted by Gasteiger charge is 2.14. The third kappa shape index (κ3) is 3.71. The van der Waals surface area contributed by atoms with E-state index in [1.54, 1.807) is 37.4 Å². The smallest absolute Gasteiger partial charge is 0.254 e. The Balaban J connectivity index is 2.78. The fourth-order valence-electron chi connectivity index (χ4n) is 1.49. The van der Waals surface area contributed by atoms with Crippen LogP contribution in [-0.4, -0.2) is 49.6 Å². The number of ether oxygens (including phenoxy) is 1. The predicted molar refractivity (Wildman–Crippen MR) is 67.2 cm³/mol. The van der Waals surface area contributed by atoms with Crippen molar-refractivity contribution >= 4 is 11.7 Å². The van der Waals surface area contributed by atoms with E-state index in [4.69, 9.17) is 4.74 Å². The van der Waals surface area contributed by atoms with Gasteiger partial charge in [0.05, 0.1) is 6.61 Å². The molecule has 1 aromatic rings. The molecule has 1 aromatic heterocycles. The Labute approximate surface area is 102 Å². The monoisotopic (exact) mass is 237 g/mol. The van der Waals surface area contributed by atoms with Gasteiger partial charge in [-0.15, -0.1) is 0 Å². The maximum absolute atomic E-state index is 12.2. The lowest BCUT2D eigenvalue weighted by atomic mass is 10.2. The van der Waals surface area contributed by atoms with Crippen molar-refractivity contribution in [1.82, 2.24) is 9.88 Å². The Morgan fingerprint density at radius 3 is 2.94 bits per heavy atom. The Bertz CT molecular complexity index is 369. The van der Waals surface area contributed by atoms with Crippen molar-refractivity contribution in [2.75, 3.05) is 39.2 Å². The molecule has 1 amide bonds. The number of methoxy groups -OCH3 is 1. The molecule has 0 atom stereocenters. The molecule has 0 saturated carbocycles. The minimum absolute atomic E-state index is 0.00319. The number of carbonyl (C=O) groups excluding carboxylic acids is 1. The molecule has 0 bridgehead atoms. The molecular weight excluding hydrogens is 218 g/mol. The van der Waals surface area contributed by atoms with Crippen LogP contribution in [0.4, 0.5) is 5.82 Å². The second kappa shape index (κ2) is 6.85. The Hall–Kier alpha value is -1.62. The van der Waals surface area contributed by atoms with Crippen LogP contribution in [0.3, 0.4) is 0 Å². The van der Waals surface area contributed by atoms with Gasteiger partial charge in [0.15, 0.2) is 0 Å². The summed E-state index contributed by atoms with van der Waals surface area (Å²) in [5, 5.41) is 2.92. The highest BCUT2D eigenvalue weighted by molar-refractivity contribution is 5.94. The van der Waals surface area contributed by atoms with E-state index in [1.807, 2.05) is 6.92 Å². The number of rotatable bonds is 6. The Morgan fingerprint density at radius 2 is 2.35 bits per heavy atom. The fourth-order valence-corrected chi connectivity index (χ4v) is 1.49. The van der Waals surface area contributed by atoms with E-state index in [0.29, 0.717) is 31.1 Å². The van der Waals surface area contributed by atoms with Gasteiger partial charge >= 0.3 is 0 Å². The molecule has 94 valence electrons. The first-order valence-corrected chi connectivity index (χ1v) is 5.65. The van der Waals surface area contributed by atoms with Gasteiger partial charge in [-0.25, -0.2) is 4.98 Å². The van der Waals surface area contributed by atoms with Crippen LogP contribution >= 0.6 is 0 Å². The molecular formula is C12H19N3O2. The third-order valence-corrected chi connectivity index (χ3v) is 2.50. The minimum Gasteiger partial charge on any atom is -0.383 e. The van der Waals surface area contributed by atoms with Gasteiger partial charge in [0.25, 0.3) is 5.91 Å². The van der Waals surface area contributed by atoms with Crippen LogP contribution < -0.4 is 5.32 Å². The highest BCUT2D eigenvalue weighted by atomic mass is 16.5. The Morgan fingerprint density at radius 1 is 1.59 bits per heavy atom. The zero-order valence-electron chi connectivity index (χ0n) is 10.6. The normalized spacial score (nSPS) is 10.1. The van der Waals surface area contributed by atoms with Crippen LogP contribution in [0, 0.1) is 0 Å². The number of pyridine rings is 1. The Kier molecular flexibility index (Phi) is 5.42. The van der Waals surface area contributed by atoms with Crippen molar-refractivity contribution in [3.63, 3.8) is 0 Å². The molecule has 0 unspecified atom stereocenters. The first kappa shape index (κ1) is 13.4. The van der Waals surface area contributed by atoms with Crippen LogP contribution in [-0.2, 0) is 4.74 Å². The van der Waals surface area contributed by atoms with Crippen molar-refractivity contribution in [2.45, 2.75) is 6.92 Å². The first-order valence-electron chi connectivity index (χ1n) is 5.65. The summed E-state index contributed by atoms with van der Waals surface area (Å²) in [6.07, 6.45) is 1.63. The first-order chi connectivity index (χ1) is 8.22. The van der Waals surface area contributed by atoms with Crippen molar-refractivity contribution in [1.29, 1.82) is 0 Å². The van der Waals surface area contributed by atoms with Gasteiger partial charge in [-0.05, 0) is 19.1 Å². The van der Waals surface area contributed by atoms with Gasteiger partial charge in [0.1, 0.15) is 5.82 Å². The summed E-state index contributed by atoms with van der Waals surface area (Å²) >= 11 is 0. The highest BCUT2D eigenvalue weighted by Crippen LogP contribution is 2.09. The molecule has 0 spiro atoms. The molecule has 1 N–H and O–H groups in total. The molecule has 0 aliphatic heterocycles. The number of likely N-dealkylation sites (N-methyl/N-ethyl adjacent to an activating group) is 1. The predicted octanol–water partition coefficient (Wildman–Crippen LogP) is 1.23. The van der Waals surface area contributed by atoms with Gasteiger partial charge in [0, 0.05) is 39.0 Å². The summed E-state index contributed by atoms with van der Waals surface area (Å²) < 4.78 is 4.99. The fraction of sp³-hybridized carbons (Fsp3) is 0.500. The zero-order chi connectivity index (χ0) is 12.7. The number of anilines is 1. The number of carbonyl (C=O) groups is 1. The standard InChI is InChI=1S/C12H19N3O2/c1-4-15(7-8-17-3)12(16)10-5-6-14-11(9-10)13-2/h5-6,9H,4,7-8H2,1-3H3,(H,13,14). The minimum atomic E-state index is 0.00319. The molecule has 0 saturated heterocycles. The van der Waals surface area contributed by atoms with Gasteiger partial charge in [-0.3, -0.25) is 4.79 Å². The number of hydrogen-bond donors (Lipinski definition) is 1. The van der Waals surface area contributed by atoms with E-state index < -0.39 is 0 Å². The van der Waals surface area contributed by atoms with E-state index in [2.05, 4.69) is 10.3 Å². The zero-order valence-corrected chi connectivity index (χ0v) is 10.6. The van der Waals surface area contributed by atoms with E-state index in [0.717, 1.165) is 0 Å². The van der Waals surface area contributed by atoms with Crippen LogP contribution in [0.25, 0.3) is 0 Å². The quantitative estimate of drug-likeness (QED) is 0.808. The van der Waals surface area contributed by atoms with Gasteiger partial charge in [-0.1, -0.05) is 0 Å². The average molecular weight is 237 g/mol. The van der Waals surface area contributed by atoms with Gasteiger partial charge in [-0.2, -0.15) is 0 Å². The van der Waals surface area contributed by atoms with E-state index in [1.165, 1.54) is 0 Å². The molecule has 0 aliphatic rings. The van der Waals surface area contributed by atoms with Crippen LogP contribution in [0.15, 0.2) is 18.3 Å². The topological polar surface area (TPSA) is 54.5 Å². The van der Waals surface area contributed by atoms with Crippen molar-refractivity contribution < 1.29 is 9.53 Å². The second-order valence-corrected chi connectivity index (χ2v) is 3.56.